The summed E-state index contributed by atoms with van der Waals surface area (Å²) in [5.74, 6) is -0.613. The Bertz CT molecular complexity index is 254. The van der Waals surface area contributed by atoms with Gasteiger partial charge in [-0.1, -0.05) is 0 Å². The fraction of sp³-hybridized carbons (Fsp3) is 1.00. The third-order valence-corrected chi connectivity index (χ3v) is 2.56. The van der Waals surface area contributed by atoms with Gasteiger partial charge in [-0.15, -0.1) is 0 Å². The van der Waals surface area contributed by atoms with E-state index in [1.807, 2.05) is 0 Å². The van der Waals surface area contributed by atoms with E-state index in [1.165, 1.54) is 0 Å². The smallest absolute Gasteiger partial charge is 0.324 e. The van der Waals surface area contributed by atoms with E-state index in [2.05, 4.69) is 0 Å². The minimum absolute atomic E-state index is 0. The molecule has 0 unspecified atom stereocenters. The van der Waals surface area contributed by atoms with Crippen LogP contribution in [0.15, 0.2) is 0 Å². The summed E-state index contributed by atoms with van der Waals surface area (Å²) in [5, 5.41) is 0. The molecular weight excluding hydrogens is 286 g/mol. The molecule has 0 aromatic carbocycles. The summed E-state index contributed by atoms with van der Waals surface area (Å²) < 4.78 is 38.3. The molecule has 72 valence electrons. The molecule has 9 heteroatoms. The molecule has 0 saturated heterocycles. The van der Waals surface area contributed by atoms with Crippen LogP contribution >= 0.6 is 7.60 Å². The van der Waals surface area contributed by atoms with Gasteiger partial charge in [0.1, 0.15) is 0 Å². The maximum absolute atomic E-state index is 10.1. The first-order valence-corrected chi connectivity index (χ1v) is 6.11. The second-order valence-electron chi connectivity index (χ2n) is 2.03. The third-order valence-electron chi connectivity index (χ3n) is 0.852. The first-order valence-electron chi connectivity index (χ1n) is 2.70. The van der Waals surface area contributed by atoms with Gasteiger partial charge in [0.15, 0.2) is 0 Å². The monoisotopic (exact) mass is 294 g/mol. The topological polar surface area (TPSA) is 112 Å². The SMILES string of the molecule is O=P(O)(O)CCCS(=O)(=O)O.[Zr]. The summed E-state index contributed by atoms with van der Waals surface area (Å²) in [5.41, 5.74) is 0. The summed E-state index contributed by atoms with van der Waals surface area (Å²) in [4.78, 5) is 16.5. The van der Waals surface area contributed by atoms with Gasteiger partial charge in [-0.25, -0.2) is 0 Å². The van der Waals surface area contributed by atoms with Crippen LogP contribution in [0.5, 0.6) is 0 Å². The van der Waals surface area contributed by atoms with E-state index in [-0.39, 0.29) is 32.6 Å². The molecule has 0 radical (unpaired) electrons. The maximum Gasteiger partial charge on any atom is 0.325 e. The Hall–Kier alpha value is 0.943. The Balaban J connectivity index is 0. The van der Waals surface area contributed by atoms with Crippen LogP contribution in [-0.2, 0) is 40.9 Å². The summed E-state index contributed by atoms with van der Waals surface area (Å²) in [6, 6.07) is 0. The zero-order valence-corrected chi connectivity index (χ0v) is 10.2. The summed E-state index contributed by atoms with van der Waals surface area (Å²) in [7, 11) is -8.22. The van der Waals surface area contributed by atoms with E-state index in [0.717, 1.165) is 0 Å². The first-order chi connectivity index (χ1) is 4.71. The second kappa shape index (κ2) is 5.63. The molecular formula is C3H9O6PSZr. The molecule has 0 aromatic heterocycles. The van der Waals surface area contributed by atoms with Crippen molar-refractivity contribution in [3.05, 3.63) is 0 Å². The molecule has 0 aliphatic rings. The number of hydrogen-bond acceptors (Lipinski definition) is 3. The molecule has 0 bridgehead atoms. The van der Waals surface area contributed by atoms with E-state index in [9.17, 15) is 13.0 Å². The van der Waals surface area contributed by atoms with E-state index >= 15 is 0 Å². The Kier molecular flexibility index (Phi) is 7.23. The molecule has 0 amide bonds. The molecule has 0 spiro atoms. The van der Waals surface area contributed by atoms with Crippen LogP contribution < -0.4 is 0 Å². The Morgan fingerprint density at radius 3 is 1.92 bits per heavy atom. The molecule has 0 aliphatic carbocycles. The molecule has 0 atom stereocenters. The van der Waals surface area contributed by atoms with Gasteiger partial charge in [-0.3, -0.25) is 9.12 Å². The molecule has 12 heavy (non-hydrogen) atoms. The van der Waals surface area contributed by atoms with Gasteiger partial charge in [-0.2, -0.15) is 8.42 Å². The predicted octanol–water partition coefficient (Wildman–Crippen LogP) is -0.560. The summed E-state index contributed by atoms with van der Waals surface area (Å²) >= 11 is 0. The van der Waals surface area contributed by atoms with Crippen LogP contribution in [0, 0.1) is 0 Å². The Labute approximate surface area is 89.4 Å². The average molecular weight is 295 g/mol. The van der Waals surface area contributed by atoms with Gasteiger partial charge >= 0.3 is 7.60 Å². The Morgan fingerprint density at radius 1 is 1.25 bits per heavy atom. The average Bonchev–Trinajstić information content (AvgIpc) is 1.55. The third kappa shape index (κ3) is 13.5. The van der Waals surface area contributed by atoms with Crippen molar-refractivity contribution in [1.29, 1.82) is 0 Å². The minimum atomic E-state index is -4.13. The van der Waals surface area contributed by atoms with Gasteiger partial charge in [0.25, 0.3) is 10.1 Å². The largest absolute Gasteiger partial charge is 0.325 e. The van der Waals surface area contributed by atoms with Crippen molar-refractivity contribution in [1.82, 2.24) is 0 Å². The molecule has 0 aliphatic heterocycles. The van der Waals surface area contributed by atoms with Crippen molar-refractivity contribution in [3.8, 4) is 0 Å². The van der Waals surface area contributed by atoms with Crippen molar-refractivity contribution in [3.63, 3.8) is 0 Å². The van der Waals surface area contributed by atoms with E-state index < -0.39 is 29.6 Å². The standard InChI is InChI=1S/C3H9O6PS.Zr/c4-10(5,6)2-1-3-11(7,8)9;/h1-3H2,(H2,4,5,6)(H,7,8,9);. The molecule has 0 rings (SSSR count). The molecule has 0 fully saturated rings. The fourth-order valence-electron chi connectivity index (χ4n) is 0.453. The maximum atomic E-state index is 10.1. The van der Waals surface area contributed by atoms with E-state index in [0.29, 0.717) is 0 Å². The minimum Gasteiger partial charge on any atom is -0.324 e. The molecule has 6 nitrogen and oxygen atoms in total. The second-order valence-corrected chi connectivity index (χ2v) is 5.38. The van der Waals surface area contributed by atoms with Crippen LogP contribution in [0.4, 0.5) is 0 Å². The summed E-state index contributed by atoms with van der Waals surface area (Å²) in [6.07, 6.45) is -0.754. The van der Waals surface area contributed by atoms with E-state index in [4.69, 9.17) is 14.3 Å². The quantitative estimate of drug-likeness (QED) is 0.473. The Morgan fingerprint density at radius 2 is 1.67 bits per heavy atom. The van der Waals surface area contributed by atoms with Crippen LogP contribution in [0.1, 0.15) is 6.42 Å². The van der Waals surface area contributed by atoms with Gasteiger partial charge in [0.05, 0.1) is 11.9 Å². The van der Waals surface area contributed by atoms with Crippen molar-refractivity contribution in [2.45, 2.75) is 6.42 Å². The zero-order chi connectivity index (χ0) is 9.12. The van der Waals surface area contributed by atoms with Crippen molar-refractivity contribution in [2.24, 2.45) is 0 Å². The predicted molar refractivity (Wildman–Crippen MR) is 37.9 cm³/mol. The van der Waals surface area contributed by atoms with Gasteiger partial charge in [0, 0.05) is 26.2 Å². The van der Waals surface area contributed by atoms with Gasteiger partial charge in [-0.05, 0) is 6.42 Å². The molecule has 3 N–H and O–H groups in total. The van der Waals surface area contributed by atoms with Crippen molar-refractivity contribution < 1.29 is 53.5 Å². The van der Waals surface area contributed by atoms with Crippen LogP contribution in [0.25, 0.3) is 0 Å². The van der Waals surface area contributed by atoms with Crippen molar-refractivity contribution >= 4 is 17.7 Å². The van der Waals surface area contributed by atoms with Crippen molar-refractivity contribution in [2.75, 3.05) is 11.9 Å². The van der Waals surface area contributed by atoms with Crippen LogP contribution in [-0.4, -0.2) is 34.7 Å². The molecule has 0 saturated carbocycles. The van der Waals surface area contributed by atoms with Gasteiger partial charge in [0.2, 0.25) is 0 Å². The fourth-order valence-corrected chi connectivity index (χ4v) is 1.75. The number of hydrogen-bond donors (Lipinski definition) is 3. The summed E-state index contributed by atoms with van der Waals surface area (Å²) in [6.45, 7) is 0. The van der Waals surface area contributed by atoms with E-state index in [1.54, 1.807) is 0 Å². The van der Waals surface area contributed by atoms with Gasteiger partial charge < -0.3 is 9.79 Å². The number of rotatable bonds is 4. The molecule has 0 heterocycles. The van der Waals surface area contributed by atoms with Crippen LogP contribution in [0.2, 0.25) is 0 Å². The van der Waals surface area contributed by atoms with Crippen LogP contribution in [0.3, 0.4) is 0 Å². The first kappa shape index (κ1) is 15.4. The molecule has 0 aromatic rings. The normalized spacial score (nSPS) is 12.2. The zero-order valence-electron chi connectivity index (χ0n) is 6.04.